The molecule has 116 valence electrons. The summed E-state index contributed by atoms with van der Waals surface area (Å²) < 4.78 is 12.0. The van der Waals surface area contributed by atoms with Crippen LogP contribution in [0.4, 0.5) is 0 Å². The number of amides is 1. The standard InChI is InChI=1S/C15H21NO4S/c1-11(2)10-14(17)16-13(15(18)19)8-9-21(20)12-6-4-3-5-7-12/h3-7,11,13H,8-10H2,1-2H3,(H,16,17)(H,18,19)/t13-,21-/m0/s1. The summed E-state index contributed by atoms with van der Waals surface area (Å²) in [5, 5.41) is 11.6. The van der Waals surface area contributed by atoms with Gasteiger partial charge in [0.2, 0.25) is 5.91 Å². The van der Waals surface area contributed by atoms with E-state index >= 15 is 0 Å². The molecule has 0 heterocycles. The minimum atomic E-state index is -1.26. The molecule has 0 saturated carbocycles. The van der Waals surface area contributed by atoms with Gasteiger partial charge < -0.3 is 10.4 Å². The molecule has 0 aliphatic heterocycles. The maximum Gasteiger partial charge on any atom is 0.326 e. The molecule has 0 spiro atoms. The highest BCUT2D eigenvalue weighted by atomic mass is 32.2. The Hall–Kier alpha value is -1.69. The molecule has 6 heteroatoms. The summed E-state index contributed by atoms with van der Waals surface area (Å²) in [5.41, 5.74) is 0. The van der Waals surface area contributed by atoms with E-state index in [1.165, 1.54) is 0 Å². The Labute approximate surface area is 127 Å². The van der Waals surface area contributed by atoms with Gasteiger partial charge in [-0.2, -0.15) is 0 Å². The molecule has 0 aliphatic rings. The van der Waals surface area contributed by atoms with E-state index in [-0.39, 0.29) is 30.4 Å². The molecule has 0 bridgehead atoms. The summed E-state index contributed by atoms with van der Waals surface area (Å²) in [7, 11) is -1.26. The lowest BCUT2D eigenvalue weighted by atomic mass is 10.1. The van der Waals surface area contributed by atoms with Gasteiger partial charge in [0, 0.05) is 17.1 Å². The van der Waals surface area contributed by atoms with Crippen molar-refractivity contribution < 1.29 is 18.9 Å². The van der Waals surface area contributed by atoms with Crippen molar-refractivity contribution in [2.24, 2.45) is 5.92 Å². The van der Waals surface area contributed by atoms with Gasteiger partial charge in [-0.05, 0) is 24.5 Å². The smallest absolute Gasteiger partial charge is 0.326 e. The molecule has 0 fully saturated rings. The van der Waals surface area contributed by atoms with Gasteiger partial charge in [0.1, 0.15) is 6.04 Å². The van der Waals surface area contributed by atoms with Gasteiger partial charge in [-0.1, -0.05) is 32.0 Å². The Kier molecular flexibility index (Phi) is 7.08. The molecule has 5 nitrogen and oxygen atoms in total. The molecular weight excluding hydrogens is 290 g/mol. The third-order valence-corrected chi connectivity index (χ3v) is 4.23. The van der Waals surface area contributed by atoms with Crippen molar-refractivity contribution in [1.29, 1.82) is 0 Å². The number of carboxylic acid groups (broad SMARTS) is 1. The molecule has 0 unspecified atom stereocenters. The molecule has 1 amide bonds. The fourth-order valence-electron chi connectivity index (χ4n) is 1.80. The highest BCUT2D eigenvalue weighted by molar-refractivity contribution is 7.85. The molecule has 0 aliphatic carbocycles. The maximum atomic E-state index is 12.0. The van der Waals surface area contributed by atoms with Crippen molar-refractivity contribution in [2.45, 2.75) is 37.6 Å². The quantitative estimate of drug-likeness (QED) is 0.767. The second-order valence-corrected chi connectivity index (χ2v) is 6.78. The van der Waals surface area contributed by atoms with Crippen LogP contribution < -0.4 is 5.32 Å². The molecule has 0 aromatic heterocycles. The first-order valence-corrected chi connectivity index (χ1v) is 8.17. The number of nitrogens with one attached hydrogen (secondary N) is 1. The third kappa shape index (κ3) is 6.53. The number of carbonyl (C=O) groups excluding carboxylic acids is 1. The van der Waals surface area contributed by atoms with Crippen LogP contribution in [0.3, 0.4) is 0 Å². The molecule has 1 aromatic rings. The molecular formula is C15H21NO4S. The van der Waals surface area contributed by atoms with Gasteiger partial charge in [-0.15, -0.1) is 0 Å². The predicted octanol–water partition coefficient (Wildman–Crippen LogP) is 1.80. The SMILES string of the molecule is CC(C)CC(=O)N[C@@H](CC[S@](=O)c1ccccc1)C(=O)O. The Morgan fingerprint density at radius 2 is 1.86 bits per heavy atom. The van der Waals surface area contributed by atoms with E-state index in [2.05, 4.69) is 5.32 Å². The summed E-state index contributed by atoms with van der Waals surface area (Å²) in [5.74, 6) is -1.03. The normalized spacial score (nSPS) is 13.7. The van der Waals surface area contributed by atoms with Crippen molar-refractivity contribution in [2.75, 3.05) is 5.75 Å². The zero-order valence-electron chi connectivity index (χ0n) is 12.2. The van der Waals surface area contributed by atoms with E-state index in [1.54, 1.807) is 24.3 Å². The van der Waals surface area contributed by atoms with Gasteiger partial charge in [-0.3, -0.25) is 9.00 Å². The molecule has 1 aromatic carbocycles. The van der Waals surface area contributed by atoms with Gasteiger partial charge in [-0.25, -0.2) is 4.79 Å². The minimum Gasteiger partial charge on any atom is -0.480 e. The van der Waals surface area contributed by atoms with Gasteiger partial charge >= 0.3 is 5.97 Å². The molecule has 0 saturated heterocycles. The first-order valence-electron chi connectivity index (χ1n) is 6.85. The lowest BCUT2D eigenvalue weighted by Gasteiger charge is -2.15. The molecule has 21 heavy (non-hydrogen) atoms. The topological polar surface area (TPSA) is 83.5 Å². The van der Waals surface area contributed by atoms with E-state index < -0.39 is 22.8 Å². The zero-order chi connectivity index (χ0) is 15.8. The Morgan fingerprint density at radius 1 is 1.24 bits per heavy atom. The first kappa shape index (κ1) is 17.4. The van der Waals surface area contributed by atoms with E-state index in [1.807, 2.05) is 19.9 Å². The number of carbonyl (C=O) groups is 2. The van der Waals surface area contributed by atoms with Crippen LogP contribution in [0.5, 0.6) is 0 Å². The van der Waals surface area contributed by atoms with Crippen LogP contribution in [0.15, 0.2) is 35.2 Å². The Balaban J connectivity index is 2.54. The molecule has 0 radical (unpaired) electrons. The summed E-state index contributed by atoms with van der Waals surface area (Å²) in [6.07, 6.45) is 0.423. The van der Waals surface area contributed by atoms with Crippen LogP contribution in [0, 0.1) is 5.92 Å². The van der Waals surface area contributed by atoms with Gasteiger partial charge in [0.05, 0.1) is 10.8 Å². The number of hydrogen-bond donors (Lipinski definition) is 2. The second kappa shape index (κ2) is 8.56. The van der Waals surface area contributed by atoms with Crippen molar-refractivity contribution in [3.05, 3.63) is 30.3 Å². The fourth-order valence-corrected chi connectivity index (χ4v) is 2.94. The van der Waals surface area contributed by atoms with E-state index in [9.17, 15) is 13.8 Å². The van der Waals surface area contributed by atoms with Crippen LogP contribution in [-0.4, -0.2) is 33.0 Å². The van der Waals surface area contributed by atoms with Gasteiger partial charge in [0.15, 0.2) is 0 Å². The number of rotatable bonds is 8. The highest BCUT2D eigenvalue weighted by Gasteiger charge is 2.21. The predicted molar refractivity (Wildman–Crippen MR) is 81.4 cm³/mol. The number of hydrogen-bond acceptors (Lipinski definition) is 3. The molecule has 1 rings (SSSR count). The largest absolute Gasteiger partial charge is 0.480 e. The molecule has 2 N–H and O–H groups in total. The second-order valence-electron chi connectivity index (χ2n) is 5.21. The lowest BCUT2D eigenvalue weighted by molar-refractivity contribution is -0.142. The van der Waals surface area contributed by atoms with Gasteiger partial charge in [0.25, 0.3) is 0 Å². The van der Waals surface area contributed by atoms with Crippen molar-refractivity contribution in [3.63, 3.8) is 0 Å². The number of aliphatic carboxylic acids is 1. The monoisotopic (exact) mass is 311 g/mol. The first-order chi connectivity index (χ1) is 9.90. The maximum absolute atomic E-state index is 12.0. The van der Waals surface area contributed by atoms with E-state index in [0.717, 1.165) is 0 Å². The van der Waals surface area contributed by atoms with Crippen molar-refractivity contribution >= 4 is 22.7 Å². The average Bonchev–Trinajstić information content (AvgIpc) is 2.42. The van der Waals surface area contributed by atoms with Crippen LogP contribution >= 0.6 is 0 Å². The average molecular weight is 311 g/mol. The summed E-state index contributed by atoms with van der Waals surface area (Å²) in [6, 6.07) is 7.88. The summed E-state index contributed by atoms with van der Waals surface area (Å²) in [6.45, 7) is 3.78. The Morgan fingerprint density at radius 3 is 2.38 bits per heavy atom. The van der Waals surface area contributed by atoms with Crippen LogP contribution in [0.25, 0.3) is 0 Å². The fraction of sp³-hybridized carbons (Fsp3) is 0.467. The van der Waals surface area contributed by atoms with Crippen LogP contribution in [0.2, 0.25) is 0 Å². The highest BCUT2D eigenvalue weighted by Crippen LogP contribution is 2.08. The summed E-state index contributed by atoms with van der Waals surface area (Å²) in [4.78, 5) is 23.5. The van der Waals surface area contributed by atoms with Crippen molar-refractivity contribution in [3.8, 4) is 0 Å². The number of benzene rings is 1. The van der Waals surface area contributed by atoms with Crippen LogP contribution in [0.1, 0.15) is 26.7 Å². The zero-order valence-corrected chi connectivity index (χ0v) is 13.1. The third-order valence-electron chi connectivity index (χ3n) is 2.82. The number of carboxylic acids is 1. The van der Waals surface area contributed by atoms with Crippen molar-refractivity contribution in [1.82, 2.24) is 5.32 Å². The van der Waals surface area contributed by atoms with E-state index in [4.69, 9.17) is 5.11 Å². The summed E-state index contributed by atoms with van der Waals surface area (Å²) >= 11 is 0. The molecule has 2 atom stereocenters. The van der Waals surface area contributed by atoms with E-state index in [0.29, 0.717) is 4.90 Å². The minimum absolute atomic E-state index is 0.140. The Bertz CT molecular complexity index is 502. The van der Waals surface area contributed by atoms with Crippen LogP contribution in [-0.2, 0) is 20.4 Å². The lowest BCUT2D eigenvalue weighted by Crippen LogP contribution is -2.42.